The van der Waals surface area contributed by atoms with E-state index in [1.54, 1.807) is 6.20 Å². The summed E-state index contributed by atoms with van der Waals surface area (Å²) in [7, 11) is 0. The molecule has 6 heteroatoms. The highest BCUT2D eigenvalue weighted by Gasteiger charge is 2.12. The molecule has 0 bridgehead atoms. The van der Waals surface area contributed by atoms with Crippen LogP contribution in [0.25, 0.3) is 0 Å². The zero-order valence-corrected chi connectivity index (χ0v) is 12.3. The van der Waals surface area contributed by atoms with Crippen LogP contribution in [0.15, 0.2) is 11.6 Å². The lowest BCUT2D eigenvalue weighted by Crippen LogP contribution is -2.12. The van der Waals surface area contributed by atoms with Gasteiger partial charge in [-0.2, -0.15) is 5.10 Å². The number of aryl methyl sites for hydroxylation is 2. The summed E-state index contributed by atoms with van der Waals surface area (Å²) in [6.07, 6.45) is 2.85. The minimum absolute atomic E-state index is 0.00185. The fourth-order valence-electron chi connectivity index (χ4n) is 2.11. The fraction of sp³-hybridized carbons (Fsp3) is 0.462. The van der Waals surface area contributed by atoms with E-state index in [1.807, 2.05) is 17.0 Å². The molecular formula is C13H18N4OS. The van der Waals surface area contributed by atoms with Gasteiger partial charge in [-0.15, -0.1) is 11.3 Å². The molecule has 0 atom stereocenters. The van der Waals surface area contributed by atoms with Gasteiger partial charge in [0.1, 0.15) is 0 Å². The second-order valence-electron chi connectivity index (χ2n) is 4.35. The SMILES string of the molecule is CCn1nc(C)c(CCC(=O)Nc2nccs2)c1C. The standard InChI is InChI=1S/C13H18N4OS/c1-4-17-10(3)11(9(2)16-17)5-6-12(18)15-13-14-7-8-19-13/h7-8H,4-6H2,1-3H3,(H,14,15,18). The molecule has 0 aliphatic heterocycles. The maximum atomic E-state index is 11.8. The van der Waals surface area contributed by atoms with E-state index in [0.717, 1.165) is 24.4 Å². The Labute approximate surface area is 116 Å². The predicted octanol–water partition coefficient (Wildman–Crippen LogP) is 2.55. The van der Waals surface area contributed by atoms with Gasteiger partial charge in [-0.25, -0.2) is 4.98 Å². The van der Waals surface area contributed by atoms with Crippen molar-refractivity contribution in [3.05, 3.63) is 28.5 Å². The van der Waals surface area contributed by atoms with E-state index >= 15 is 0 Å². The normalized spacial score (nSPS) is 10.7. The third kappa shape index (κ3) is 3.20. The van der Waals surface area contributed by atoms with Crippen LogP contribution in [-0.2, 0) is 17.8 Å². The minimum Gasteiger partial charge on any atom is -0.302 e. The first-order valence-electron chi connectivity index (χ1n) is 6.34. The number of nitrogens with zero attached hydrogens (tertiary/aromatic N) is 3. The van der Waals surface area contributed by atoms with E-state index in [9.17, 15) is 4.79 Å². The molecule has 1 N–H and O–H groups in total. The first kappa shape index (κ1) is 13.7. The Hall–Kier alpha value is -1.69. The third-order valence-electron chi connectivity index (χ3n) is 3.11. The van der Waals surface area contributed by atoms with Crippen molar-refractivity contribution in [2.45, 2.75) is 40.2 Å². The first-order valence-corrected chi connectivity index (χ1v) is 7.22. The number of anilines is 1. The highest BCUT2D eigenvalue weighted by molar-refractivity contribution is 7.13. The summed E-state index contributed by atoms with van der Waals surface area (Å²) >= 11 is 1.43. The van der Waals surface area contributed by atoms with Crippen LogP contribution in [0.5, 0.6) is 0 Å². The van der Waals surface area contributed by atoms with Crippen molar-refractivity contribution in [1.82, 2.24) is 14.8 Å². The van der Waals surface area contributed by atoms with Crippen molar-refractivity contribution in [3.63, 3.8) is 0 Å². The largest absolute Gasteiger partial charge is 0.302 e. The van der Waals surface area contributed by atoms with Gasteiger partial charge in [0.2, 0.25) is 5.91 Å². The Balaban J connectivity index is 1.95. The summed E-state index contributed by atoms with van der Waals surface area (Å²) in [5, 5.41) is 9.75. The van der Waals surface area contributed by atoms with Crippen molar-refractivity contribution in [2.24, 2.45) is 0 Å². The lowest BCUT2D eigenvalue weighted by molar-refractivity contribution is -0.116. The maximum Gasteiger partial charge on any atom is 0.226 e. The number of hydrogen-bond donors (Lipinski definition) is 1. The van der Waals surface area contributed by atoms with Crippen LogP contribution in [0.4, 0.5) is 5.13 Å². The van der Waals surface area contributed by atoms with Gasteiger partial charge >= 0.3 is 0 Å². The van der Waals surface area contributed by atoms with Crippen LogP contribution >= 0.6 is 11.3 Å². The van der Waals surface area contributed by atoms with E-state index in [1.165, 1.54) is 16.9 Å². The highest BCUT2D eigenvalue weighted by Crippen LogP contribution is 2.16. The molecule has 0 fully saturated rings. The lowest BCUT2D eigenvalue weighted by atomic mass is 10.1. The molecule has 0 saturated heterocycles. The van der Waals surface area contributed by atoms with E-state index in [2.05, 4.69) is 29.2 Å². The number of rotatable bonds is 5. The molecule has 1 amide bonds. The Bertz CT molecular complexity index is 559. The average molecular weight is 278 g/mol. The summed E-state index contributed by atoms with van der Waals surface area (Å²) in [5.74, 6) is -0.00185. The van der Waals surface area contributed by atoms with Crippen molar-refractivity contribution in [2.75, 3.05) is 5.32 Å². The first-order chi connectivity index (χ1) is 9.11. The molecule has 0 aliphatic rings. The van der Waals surface area contributed by atoms with Gasteiger partial charge in [-0.05, 0) is 32.8 Å². The van der Waals surface area contributed by atoms with E-state index in [0.29, 0.717) is 11.6 Å². The molecule has 0 saturated carbocycles. The minimum atomic E-state index is -0.00185. The smallest absolute Gasteiger partial charge is 0.226 e. The van der Waals surface area contributed by atoms with Crippen LogP contribution in [0.3, 0.4) is 0 Å². The fourth-order valence-corrected chi connectivity index (χ4v) is 2.65. The molecule has 0 unspecified atom stereocenters. The number of hydrogen-bond acceptors (Lipinski definition) is 4. The van der Waals surface area contributed by atoms with Crippen LogP contribution in [0.2, 0.25) is 0 Å². The topological polar surface area (TPSA) is 59.8 Å². The molecular weight excluding hydrogens is 260 g/mol. The number of carbonyl (C=O) groups excluding carboxylic acids is 1. The highest BCUT2D eigenvalue weighted by atomic mass is 32.1. The molecule has 0 aliphatic carbocycles. The number of carbonyl (C=O) groups is 1. The second kappa shape index (κ2) is 5.97. The summed E-state index contributed by atoms with van der Waals surface area (Å²) in [6, 6.07) is 0. The van der Waals surface area contributed by atoms with Crippen molar-refractivity contribution >= 4 is 22.4 Å². The number of amides is 1. The van der Waals surface area contributed by atoms with Crippen LogP contribution < -0.4 is 5.32 Å². The van der Waals surface area contributed by atoms with Crippen molar-refractivity contribution in [1.29, 1.82) is 0 Å². The molecule has 2 heterocycles. The maximum absolute atomic E-state index is 11.8. The van der Waals surface area contributed by atoms with E-state index < -0.39 is 0 Å². The monoisotopic (exact) mass is 278 g/mol. The second-order valence-corrected chi connectivity index (χ2v) is 5.25. The summed E-state index contributed by atoms with van der Waals surface area (Å²) < 4.78 is 1.98. The molecule has 2 aromatic heterocycles. The summed E-state index contributed by atoms with van der Waals surface area (Å²) in [5.41, 5.74) is 3.35. The van der Waals surface area contributed by atoms with Crippen molar-refractivity contribution in [3.8, 4) is 0 Å². The van der Waals surface area contributed by atoms with Gasteiger partial charge in [-0.3, -0.25) is 9.48 Å². The molecule has 2 rings (SSSR count). The van der Waals surface area contributed by atoms with Gasteiger partial charge in [0.15, 0.2) is 5.13 Å². The Kier molecular flexibility index (Phi) is 4.31. The van der Waals surface area contributed by atoms with Crippen LogP contribution in [-0.4, -0.2) is 20.7 Å². The number of aromatic nitrogens is 3. The zero-order valence-electron chi connectivity index (χ0n) is 11.4. The zero-order chi connectivity index (χ0) is 13.8. The van der Waals surface area contributed by atoms with Gasteiger partial charge < -0.3 is 5.32 Å². The van der Waals surface area contributed by atoms with E-state index in [4.69, 9.17) is 0 Å². The molecule has 0 radical (unpaired) electrons. The Morgan fingerprint density at radius 2 is 2.26 bits per heavy atom. The number of thiazole rings is 1. The summed E-state index contributed by atoms with van der Waals surface area (Å²) in [6.45, 7) is 6.97. The van der Waals surface area contributed by atoms with Gasteiger partial charge in [0.05, 0.1) is 5.69 Å². The molecule has 102 valence electrons. The molecule has 0 aromatic carbocycles. The molecule has 0 spiro atoms. The van der Waals surface area contributed by atoms with Gasteiger partial charge in [0, 0.05) is 30.2 Å². The lowest BCUT2D eigenvalue weighted by Gasteiger charge is -2.03. The van der Waals surface area contributed by atoms with Crippen LogP contribution in [0.1, 0.15) is 30.3 Å². The Morgan fingerprint density at radius 1 is 1.47 bits per heavy atom. The van der Waals surface area contributed by atoms with Crippen molar-refractivity contribution < 1.29 is 4.79 Å². The van der Waals surface area contributed by atoms with Crippen LogP contribution in [0, 0.1) is 13.8 Å². The predicted molar refractivity (Wildman–Crippen MR) is 76.4 cm³/mol. The third-order valence-corrected chi connectivity index (χ3v) is 3.80. The van der Waals surface area contributed by atoms with Gasteiger partial charge in [-0.1, -0.05) is 0 Å². The molecule has 5 nitrogen and oxygen atoms in total. The van der Waals surface area contributed by atoms with Gasteiger partial charge in [0.25, 0.3) is 0 Å². The molecule has 2 aromatic rings. The molecule has 19 heavy (non-hydrogen) atoms. The summed E-state index contributed by atoms with van der Waals surface area (Å²) in [4.78, 5) is 15.8. The Morgan fingerprint density at radius 3 is 2.84 bits per heavy atom. The average Bonchev–Trinajstić information content (AvgIpc) is 2.96. The van der Waals surface area contributed by atoms with E-state index in [-0.39, 0.29) is 5.91 Å². The number of nitrogens with one attached hydrogen (secondary N) is 1. The quantitative estimate of drug-likeness (QED) is 0.914.